The smallest absolute Gasteiger partial charge is 0.261 e. The molecule has 0 fully saturated rings. The van der Waals surface area contributed by atoms with Crippen LogP contribution in [0.25, 0.3) is 0 Å². The largest absolute Gasteiger partial charge is 0.374 e. The third kappa shape index (κ3) is 5.94. The van der Waals surface area contributed by atoms with E-state index in [1.165, 1.54) is 18.2 Å². The Hall–Kier alpha value is -0.630. The Balaban J connectivity index is 2.91. The first-order valence-electron chi connectivity index (χ1n) is 6.22. The summed E-state index contributed by atoms with van der Waals surface area (Å²) in [6, 6.07) is 4.09. The number of amides is 1. The summed E-state index contributed by atoms with van der Waals surface area (Å²) in [4.78, 5) is 12.0. The Morgan fingerprint density at radius 3 is 2.52 bits per heavy atom. The Bertz CT molecular complexity index is 631. The molecule has 0 aliphatic carbocycles. The van der Waals surface area contributed by atoms with Gasteiger partial charge in [0.25, 0.3) is 15.0 Å². The maximum Gasteiger partial charge on any atom is 0.261 e. The van der Waals surface area contributed by atoms with Crippen molar-refractivity contribution in [2.75, 3.05) is 13.2 Å². The van der Waals surface area contributed by atoms with Crippen molar-refractivity contribution in [3.8, 4) is 0 Å². The lowest BCUT2D eigenvalue weighted by Crippen LogP contribution is -2.40. The number of hydrogen-bond acceptors (Lipinski definition) is 4. The average Bonchev–Trinajstić information content (AvgIpc) is 2.34. The van der Waals surface area contributed by atoms with E-state index in [-0.39, 0.29) is 10.5 Å². The number of carbonyl (C=O) groups excluding carboxylic acids is 1. The molecule has 0 radical (unpaired) electrons. The highest BCUT2D eigenvalue weighted by atomic mass is 79.9. The summed E-state index contributed by atoms with van der Waals surface area (Å²) in [5, 5.41) is 2.71. The molecule has 0 aliphatic rings. The van der Waals surface area contributed by atoms with Gasteiger partial charge in [0.15, 0.2) is 0 Å². The van der Waals surface area contributed by atoms with Crippen molar-refractivity contribution >= 4 is 41.6 Å². The molecule has 0 saturated carbocycles. The zero-order valence-corrected chi connectivity index (χ0v) is 15.1. The standard InChI is InChI=1S/C13H17BrClNO4S/c1-4-20-13(2,3)8-16-12(17)9-5-10(14)7-11(6-9)21(15,18)19/h5-7H,4,8H2,1-3H3,(H,16,17). The Labute approximate surface area is 137 Å². The quantitative estimate of drug-likeness (QED) is 0.748. The van der Waals surface area contributed by atoms with Crippen LogP contribution in [0.15, 0.2) is 27.6 Å². The second-order valence-corrected chi connectivity index (χ2v) is 8.47. The van der Waals surface area contributed by atoms with Crippen LogP contribution in [0.1, 0.15) is 31.1 Å². The van der Waals surface area contributed by atoms with Crippen molar-refractivity contribution in [1.82, 2.24) is 5.32 Å². The minimum atomic E-state index is -3.90. The summed E-state index contributed by atoms with van der Waals surface area (Å²) in [6.45, 7) is 6.41. The topological polar surface area (TPSA) is 72.5 Å². The third-order valence-electron chi connectivity index (χ3n) is 2.62. The fourth-order valence-electron chi connectivity index (χ4n) is 1.67. The zero-order chi connectivity index (χ0) is 16.3. The van der Waals surface area contributed by atoms with Crippen LogP contribution in [0.3, 0.4) is 0 Å². The van der Waals surface area contributed by atoms with Crippen LogP contribution in [0.5, 0.6) is 0 Å². The lowest BCUT2D eigenvalue weighted by atomic mass is 10.1. The molecule has 0 saturated heterocycles. The van der Waals surface area contributed by atoms with E-state index in [1.807, 2.05) is 20.8 Å². The zero-order valence-electron chi connectivity index (χ0n) is 11.9. The number of carbonyl (C=O) groups is 1. The second kappa shape index (κ2) is 7.09. The molecule has 1 rings (SSSR count). The highest BCUT2D eigenvalue weighted by Crippen LogP contribution is 2.22. The molecule has 0 aromatic heterocycles. The van der Waals surface area contributed by atoms with Crippen LogP contribution in [0.2, 0.25) is 0 Å². The van der Waals surface area contributed by atoms with Crippen LogP contribution in [-0.4, -0.2) is 33.1 Å². The Morgan fingerprint density at radius 1 is 1.38 bits per heavy atom. The highest BCUT2D eigenvalue weighted by Gasteiger charge is 2.20. The van der Waals surface area contributed by atoms with Gasteiger partial charge in [0, 0.05) is 33.9 Å². The molecule has 0 bridgehead atoms. The van der Waals surface area contributed by atoms with Crippen molar-refractivity contribution in [1.29, 1.82) is 0 Å². The van der Waals surface area contributed by atoms with Crippen LogP contribution >= 0.6 is 26.6 Å². The van der Waals surface area contributed by atoms with Crippen molar-refractivity contribution in [2.24, 2.45) is 0 Å². The summed E-state index contributed by atoms with van der Waals surface area (Å²) in [7, 11) is 1.40. The van der Waals surface area contributed by atoms with Gasteiger partial charge in [-0.2, -0.15) is 0 Å². The molecular weight excluding hydrogens is 382 g/mol. The van der Waals surface area contributed by atoms with E-state index in [0.29, 0.717) is 17.6 Å². The monoisotopic (exact) mass is 397 g/mol. The lowest BCUT2D eigenvalue weighted by Gasteiger charge is -2.24. The molecule has 0 unspecified atom stereocenters. The summed E-state index contributed by atoms with van der Waals surface area (Å²) in [5.41, 5.74) is -0.298. The normalized spacial score (nSPS) is 12.2. The molecule has 1 aromatic rings. The first-order chi connectivity index (χ1) is 9.55. The number of ether oxygens (including phenoxy) is 1. The van der Waals surface area contributed by atoms with Gasteiger partial charge >= 0.3 is 0 Å². The van der Waals surface area contributed by atoms with Crippen LogP contribution in [-0.2, 0) is 13.8 Å². The number of benzene rings is 1. The fourth-order valence-corrected chi connectivity index (χ4v) is 3.12. The van der Waals surface area contributed by atoms with E-state index in [0.717, 1.165) is 0 Å². The minimum Gasteiger partial charge on any atom is -0.374 e. The first-order valence-corrected chi connectivity index (χ1v) is 9.33. The molecule has 1 N–H and O–H groups in total. The van der Waals surface area contributed by atoms with Gasteiger partial charge in [-0.3, -0.25) is 4.79 Å². The molecule has 0 aliphatic heterocycles. The SMILES string of the molecule is CCOC(C)(C)CNC(=O)c1cc(Br)cc(S(=O)(=O)Cl)c1. The lowest BCUT2D eigenvalue weighted by molar-refractivity contribution is -0.00815. The first kappa shape index (κ1) is 18.4. The van der Waals surface area contributed by atoms with Gasteiger partial charge in [-0.1, -0.05) is 15.9 Å². The molecular formula is C13H17BrClNO4S. The molecule has 5 nitrogen and oxygen atoms in total. The van der Waals surface area contributed by atoms with E-state index in [4.69, 9.17) is 15.4 Å². The van der Waals surface area contributed by atoms with E-state index in [2.05, 4.69) is 21.2 Å². The summed E-state index contributed by atoms with van der Waals surface area (Å²) in [5.74, 6) is -0.398. The van der Waals surface area contributed by atoms with Crippen molar-refractivity contribution in [3.05, 3.63) is 28.2 Å². The van der Waals surface area contributed by atoms with Gasteiger partial charge in [-0.05, 0) is 39.0 Å². The fraction of sp³-hybridized carbons (Fsp3) is 0.462. The van der Waals surface area contributed by atoms with Gasteiger partial charge in [-0.25, -0.2) is 8.42 Å². The number of rotatable bonds is 6. The average molecular weight is 399 g/mol. The summed E-state index contributed by atoms with van der Waals surface area (Å²) >= 11 is 3.16. The van der Waals surface area contributed by atoms with E-state index in [1.54, 1.807) is 0 Å². The molecule has 1 amide bonds. The Morgan fingerprint density at radius 2 is 2.00 bits per heavy atom. The molecule has 118 valence electrons. The highest BCUT2D eigenvalue weighted by molar-refractivity contribution is 9.10. The maximum atomic E-state index is 12.1. The Kier molecular flexibility index (Phi) is 6.22. The van der Waals surface area contributed by atoms with E-state index >= 15 is 0 Å². The van der Waals surface area contributed by atoms with E-state index in [9.17, 15) is 13.2 Å². The van der Waals surface area contributed by atoms with Crippen molar-refractivity contribution in [2.45, 2.75) is 31.3 Å². The van der Waals surface area contributed by atoms with Crippen LogP contribution in [0, 0.1) is 0 Å². The molecule has 8 heteroatoms. The number of nitrogens with one attached hydrogen (secondary N) is 1. The molecule has 1 aromatic carbocycles. The summed E-state index contributed by atoms with van der Waals surface area (Å²) < 4.78 is 28.6. The molecule has 0 heterocycles. The van der Waals surface area contributed by atoms with Gasteiger partial charge in [0.1, 0.15) is 0 Å². The predicted molar refractivity (Wildman–Crippen MR) is 85.2 cm³/mol. The van der Waals surface area contributed by atoms with Crippen molar-refractivity contribution < 1.29 is 17.9 Å². The van der Waals surface area contributed by atoms with Gasteiger partial charge in [0.2, 0.25) is 0 Å². The van der Waals surface area contributed by atoms with E-state index < -0.39 is 20.6 Å². The number of hydrogen-bond donors (Lipinski definition) is 1. The van der Waals surface area contributed by atoms with Gasteiger partial charge in [0.05, 0.1) is 10.5 Å². The predicted octanol–water partition coefficient (Wildman–Crippen LogP) is 2.92. The minimum absolute atomic E-state index is 0.132. The van der Waals surface area contributed by atoms with Crippen LogP contribution in [0.4, 0.5) is 0 Å². The maximum absolute atomic E-state index is 12.1. The second-order valence-electron chi connectivity index (χ2n) is 4.99. The molecule has 0 spiro atoms. The van der Waals surface area contributed by atoms with Gasteiger partial charge < -0.3 is 10.1 Å². The number of halogens is 2. The van der Waals surface area contributed by atoms with Gasteiger partial charge in [-0.15, -0.1) is 0 Å². The molecule has 0 atom stereocenters. The third-order valence-corrected chi connectivity index (χ3v) is 4.42. The van der Waals surface area contributed by atoms with Crippen molar-refractivity contribution in [3.63, 3.8) is 0 Å². The summed E-state index contributed by atoms with van der Waals surface area (Å²) in [6.07, 6.45) is 0. The molecule has 21 heavy (non-hydrogen) atoms. The van der Waals surface area contributed by atoms with Crippen LogP contribution < -0.4 is 5.32 Å².